The lowest BCUT2D eigenvalue weighted by molar-refractivity contribution is 0.0697. The van der Waals surface area contributed by atoms with Crippen molar-refractivity contribution >= 4 is 5.97 Å². The Balaban J connectivity index is 1.89. The van der Waals surface area contributed by atoms with Crippen molar-refractivity contribution in [3.05, 3.63) is 59.9 Å². The Kier molecular flexibility index (Phi) is 6.58. The van der Waals surface area contributed by atoms with Crippen molar-refractivity contribution in [1.82, 2.24) is 14.8 Å². The summed E-state index contributed by atoms with van der Waals surface area (Å²) in [5.74, 6) is 0.863. The van der Waals surface area contributed by atoms with Gasteiger partial charge in [-0.3, -0.25) is 0 Å². The van der Waals surface area contributed by atoms with Crippen molar-refractivity contribution in [1.29, 1.82) is 0 Å². The molecular formula is C23H27N3O2. The van der Waals surface area contributed by atoms with Gasteiger partial charge < -0.3 is 5.11 Å². The van der Waals surface area contributed by atoms with Crippen LogP contribution in [0.5, 0.6) is 0 Å². The normalized spacial score (nSPS) is 10.9. The maximum atomic E-state index is 11.5. The molecule has 0 radical (unpaired) electrons. The Morgan fingerprint density at radius 3 is 2.32 bits per heavy atom. The molecule has 0 atom stereocenters. The van der Waals surface area contributed by atoms with Gasteiger partial charge in [-0.2, -0.15) is 5.10 Å². The van der Waals surface area contributed by atoms with E-state index in [9.17, 15) is 9.90 Å². The summed E-state index contributed by atoms with van der Waals surface area (Å²) in [6, 6.07) is 14.9. The zero-order valence-electron chi connectivity index (χ0n) is 16.6. The summed E-state index contributed by atoms with van der Waals surface area (Å²) >= 11 is 0. The molecule has 5 heteroatoms. The molecule has 0 amide bonds. The van der Waals surface area contributed by atoms with Gasteiger partial charge in [-0.1, -0.05) is 69.2 Å². The maximum absolute atomic E-state index is 11.5. The molecule has 0 bridgehead atoms. The third-order valence-corrected chi connectivity index (χ3v) is 4.84. The largest absolute Gasteiger partial charge is 0.478 e. The smallest absolute Gasteiger partial charge is 0.336 e. The van der Waals surface area contributed by atoms with Crippen molar-refractivity contribution in [2.24, 2.45) is 0 Å². The van der Waals surface area contributed by atoms with E-state index in [2.05, 4.69) is 13.8 Å². The molecule has 3 rings (SSSR count). The fraction of sp³-hybridized carbons (Fsp3) is 0.348. The summed E-state index contributed by atoms with van der Waals surface area (Å²) in [6.07, 6.45) is 5.40. The Morgan fingerprint density at radius 2 is 1.64 bits per heavy atom. The number of carboxylic acid groups (broad SMARTS) is 1. The number of aromatic carboxylic acids is 1. The maximum Gasteiger partial charge on any atom is 0.336 e. The van der Waals surface area contributed by atoms with Crippen molar-refractivity contribution in [3.8, 4) is 22.5 Å². The molecular weight excluding hydrogens is 350 g/mol. The van der Waals surface area contributed by atoms with Gasteiger partial charge in [0.1, 0.15) is 5.82 Å². The minimum Gasteiger partial charge on any atom is -0.478 e. The van der Waals surface area contributed by atoms with Crippen molar-refractivity contribution < 1.29 is 9.90 Å². The number of unbranched alkanes of at least 4 members (excludes halogenated alkanes) is 2. The van der Waals surface area contributed by atoms with Gasteiger partial charge in [0.2, 0.25) is 0 Å². The molecule has 0 aliphatic heterocycles. The van der Waals surface area contributed by atoms with Gasteiger partial charge in [0.05, 0.1) is 5.56 Å². The average molecular weight is 377 g/mol. The standard InChI is InChI=1S/C23H27N3O2/c1-3-5-11-21-24-22(25-26(21)16-6-4-2)18-14-12-17(13-15-18)19-9-7-8-10-20(19)23(27)28/h7-10,12-15H,3-6,11,16H2,1-2H3,(H,27,28). The van der Waals surface area contributed by atoms with Crippen molar-refractivity contribution in [2.45, 2.75) is 52.5 Å². The lowest BCUT2D eigenvalue weighted by Crippen LogP contribution is -2.05. The third-order valence-electron chi connectivity index (χ3n) is 4.84. The number of rotatable bonds is 9. The number of carboxylic acids is 1. The van der Waals surface area contributed by atoms with Crippen LogP contribution in [0.3, 0.4) is 0 Å². The zero-order valence-corrected chi connectivity index (χ0v) is 16.6. The van der Waals surface area contributed by atoms with E-state index in [0.717, 1.165) is 61.4 Å². The number of carbonyl (C=O) groups is 1. The minimum atomic E-state index is -0.920. The fourth-order valence-corrected chi connectivity index (χ4v) is 3.22. The quantitative estimate of drug-likeness (QED) is 0.538. The highest BCUT2D eigenvalue weighted by Crippen LogP contribution is 2.26. The fourth-order valence-electron chi connectivity index (χ4n) is 3.22. The van der Waals surface area contributed by atoms with Crippen molar-refractivity contribution in [2.75, 3.05) is 0 Å². The van der Waals surface area contributed by atoms with Crippen LogP contribution >= 0.6 is 0 Å². The first-order chi connectivity index (χ1) is 13.6. The number of aromatic nitrogens is 3. The van der Waals surface area contributed by atoms with E-state index in [0.29, 0.717) is 11.1 Å². The molecule has 28 heavy (non-hydrogen) atoms. The monoisotopic (exact) mass is 377 g/mol. The second-order valence-corrected chi connectivity index (χ2v) is 6.96. The lowest BCUT2D eigenvalue weighted by Gasteiger charge is -2.06. The summed E-state index contributed by atoms with van der Waals surface area (Å²) in [4.78, 5) is 16.3. The van der Waals surface area contributed by atoms with Gasteiger partial charge >= 0.3 is 5.97 Å². The molecule has 0 unspecified atom stereocenters. The Hall–Kier alpha value is -2.95. The second-order valence-electron chi connectivity index (χ2n) is 6.96. The summed E-state index contributed by atoms with van der Waals surface area (Å²) in [7, 11) is 0. The van der Waals surface area contributed by atoms with E-state index in [1.807, 2.05) is 41.1 Å². The molecule has 1 N–H and O–H groups in total. The number of aryl methyl sites for hydroxylation is 2. The molecule has 1 aromatic heterocycles. The molecule has 0 saturated carbocycles. The summed E-state index contributed by atoms with van der Waals surface area (Å²) < 4.78 is 2.04. The molecule has 0 spiro atoms. The molecule has 2 aromatic carbocycles. The zero-order chi connectivity index (χ0) is 19.9. The van der Waals surface area contributed by atoms with E-state index < -0.39 is 5.97 Å². The molecule has 0 aliphatic rings. The summed E-state index contributed by atoms with van der Waals surface area (Å²) in [5, 5.41) is 14.1. The van der Waals surface area contributed by atoms with E-state index in [1.165, 1.54) is 0 Å². The molecule has 1 heterocycles. The Morgan fingerprint density at radius 1 is 0.964 bits per heavy atom. The van der Waals surface area contributed by atoms with Gasteiger partial charge in [0, 0.05) is 18.5 Å². The van der Waals surface area contributed by atoms with Crippen LogP contribution in [0.4, 0.5) is 0 Å². The number of hydrogen-bond acceptors (Lipinski definition) is 3. The first kappa shape index (κ1) is 19.8. The van der Waals surface area contributed by atoms with E-state index in [1.54, 1.807) is 12.1 Å². The average Bonchev–Trinajstić information content (AvgIpc) is 3.13. The number of nitrogens with zero attached hydrogens (tertiary/aromatic N) is 3. The van der Waals surface area contributed by atoms with Crippen LogP contribution in [0.25, 0.3) is 22.5 Å². The highest BCUT2D eigenvalue weighted by Gasteiger charge is 2.13. The number of benzene rings is 2. The van der Waals surface area contributed by atoms with Crippen LogP contribution in [0.1, 0.15) is 55.7 Å². The van der Waals surface area contributed by atoms with Gasteiger partial charge in [0.15, 0.2) is 5.82 Å². The van der Waals surface area contributed by atoms with Gasteiger partial charge in [0.25, 0.3) is 0 Å². The highest BCUT2D eigenvalue weighted by atomic mass is 16.4. The first-order valence-corrected chi connectivity index (χ1v) is 10.0. The highest BCUT2D eigenvalue weighted by molar-refractivity contribution is 5.96. The molecule has 5 nitrogen and oxygen atoms in total. The lowest BCUT2D eigenvalue weighted by atomic mass is 9.98. The summed E-state index contributed by atoms with van der Waals surface area (Å²) in [5.41, 5.74) is 2.84. The topological polar surface area (TPSA) is 68.0 Å². The van der Waals surface area contributed by atoms with Crippen molar-refractivity contribution in [3.63, 3.8) is 0 Å². The van der Waals surface area contributed by atoms with Crippen LogP contribution in [0.2, 0.25) is 0 Å². The van der Waals surface area contributed by atoms with Crippen LogP contribution in [-0.4, -0.2) is 25.8 Å². The van der Waals surface area contributed by atoms with Crippen LogP contribution in [-0.2, 0) is 13.0 Å². The predicted molar refractivity (Wildman–Crippen MR) is 111 cm³/mol. The van der Waals surface area contributed by atoms with Crippen LogP contribution in [0.15, 0.2) is 48.5 Å². The van der Waals surface area contributed by atoms with Crippen LogP contribution < -0.4 is 0 Å². The SMILES string of the molecule is CCCCc1nc(-c2ccc(-c3ccccc3C(=O)O)cc2)nn1CCCC. The molecule has 0 saturated heterocycles. The summed E-state index contributed by atoms with van der Waals surface area (Å²) in [6.45, 7) is 5.26. The van der Waals surface area contributed by atoms with Gasteiger partial charge in [-0.25, -0.2) is 14.5 Å². The molecule has 0 aliphatic carbocycles. The second kappa shape index (κ2) is 9.31. The Labute approximate surface area is 166 Å². The predicted octanol–water partition coefficient (Wildman–Crippen LogP) is 5.45. The van der Waals surface area contributed by atoms with E-state index in [4.69, 9.17) is 10.1 Å². The van der Waals surface area contributed by atoms with Crippen LogP contribution in [0, 0.1) is 0 Å². The minimum absolute atomic E-state index is 0.305. The number of hydrogen-bond donors (Lipinski definition) is 1. The first-order valence-electron chi connectivity index (χ1n) is 10.0. The molecule has 3 aromatic rings. The Bertz CT molecular complexity index is 904. The molecule has 146 valence electrons. The third kappa shape index (κ3) is 4.47. The van der Waals surface area contributed by atoms with Gasteiger partial charge in [-0.05, 0) is 30.0 Å². The molecule has 0 fully saturated rings. The van der Waals surface area contributed by atoms with Gasteiger partial charge in [-0.15, -0.1) is 0 Å². The van der Waals surface area contributed by atoms with E-state index >= 15 is 0 Å². The van der Waals surface area contributed by atoms with E-state index in [-0.39, 0.29) is 0 Å².